The van der Waals surface area contributed by atoms with Gasteiger partial charge < -0.3 is 44.5 Å². The second-order valence-corrected chi connectivity index (χ2v) is 14.1. The van der Waals surface area contributed by atoms with Gasteiger partial charge in [0.25, 0.3) is 0 Å². The molecule has 0 aliphatic heterocycles. The SMILES string of the molecule is Cc1cc(C)c2c(O)c(CC3C(=O)C(O)=C(OC(C)C)c4cc(C)c(-c5c(C)cc6c(OC(C)C)c(O)c(O)c(C=O)c6c5O)c(O)c43)c(=O)oc2c1. The highest BCUT2D eigenvalue weighted by Gasteiger charge is 2.41. The second-order valence-electron chi connectivity index (χ2n) is 14.1. The van der Waals surface area contributed by atoms with Crippen molar-refractivity contribution in [2.45, 2.75) is 79.9 Å². The number of carbonyl (C=O) groups excluding carboxylic acids is 2. The Kier molecular flexibility index (Phi) is 9.05. The first kappa shape index (κ1) is 36.6. The first-order valence-corrected chi connectivity index (χ1v) is 17.0. The van der Waals surface area contributed by atoms with Crippen LogP contribution in [0.2, 0.25) is 0 Å². The molecule has 276 valence electrons. The van der Waals surface area contributed by atoms with Gasteiger partial charge in [0.1, 0.15) is 22.8 Å². The number of benzene rings is 4. The zero-order chi connectivity index (χ0) is 39.0. The number of aryl methyl sites for hydroxylation is 4. The molecule has 1 atom stereocenters. The van der Waals surface area contributed by atoms with Crippen molar-refractivity contribution >= 4 is 39.6 Å². The molecule has 1 aliphatic rings. The van der Waals surface area contributed by atoms with Gasteiger partial charge in [-0.05, 0) is 102 Å². The van der Waals surface area contributed by atoms with Crippen LogP contribution in [0.4, 0.5) is 0 Å². The highest BCUT2D eigenvalue weighted by Crippen LogP contribution is 2.55. The van der Waals surface area contributed by atoms with Gasteiger partial charge in [-0.3, -0.25) is 9.59 Å². The van der Waals surface area contributed by atoms with Crippen LogP contribution in [-0.2, 0) is 16.0 Å². The number of aldehydes is 1. The molecule has 0 saturated heterocycles. The summed E-state index contributed by atoms with van der Waals surface area (Å²) in [6.45, 7) is 13.5. The lowest BCUT2D eigenvalue weighted by Crippen LogP contribution is -2.27. The number of Topliss-reactive ketones (excluding diaryl/α,β-unsaturated/α-hetero) is 1. The van der Waals surface area contributed by atoms with Crippen LogP contribution in [0.1, 0.15) is 82.9 Å². The zero-order valence-corrected chi connectivity index (χ0v) is 30.5. The van der Waals surface area contributed by atoms with Gasteiger partial charge in [0.2, 0.25) is 17.3 Å². The molecule has 4 aromatic carbocycles. The molecule has 0 amide bonds. The summed E-state index contributed by atoms with van der Waals surface area (Å²) in [5.41, 5.74) is 0.779. The quantitative estimate of drug-likeness (QED) is 0.0522. The van der Waals surface area contributed by atoms with E-state index >= 15 is 0 Å². The number of hydrogen-bond acceptors (Lipinski definition) is 12. The number of allylic oxidation sites excluding steroid dienone is 1. The Morgan fingerprint density at radius 1 is 0.736 bits per heavy atom. The first-order chi connectivity index (χ1) is 24.9. The second kappa shape index (κ2) is 13.1. The number of fused-ring (bicyclic) bond motifs is 3. The summed E-state index contributed by atoms with van der Waals surface area (Å²) >= 11 is 0. The van der Waals surface area contributed by atoms with Crippen LogP contribution in [0.3, 0.4) is 0 Å². The summed E-state index contributed by atoms with van der Waals surface area (Å²) in [6.07, 6.45) is -1.22. The maximum absolute atomic E-state index is 14.1. The molecule has 0 fully saturated rings. The average Bonchev–Trinajstić information content (AvgIpc) is 3.06. The van der Waals surface area contributed by atoms with E-state index in [4.69, 9.17) is 13.9 Å². The predicted octanol–water partition coefficient (Wildman–Crippen LogP) is 7.54. The monoisotopic (exact) mass is 724 g/mol. The number of carbonyl (C=O) groups is 2. The standard InChI is InChI=1S/C41H40O12/c1-15(2)51-39-22-11-19(7)28(29-20(8)12-23-31(36(29)47)25(14-42)34(45)38(49)40(23)52-16(3)4)35(46)30(22)21(33(44)37(39)48)13-24-32(43)27-18(6)9-17(5)10-26(27)53-41(24)50/h9-12,14-16,21,43,45-49H,13H2,1-8H3. The van der Waals surface area contributed by atoms with Crippen molar-refractivity contribution in [3.63, 3.8) is 0 Å². The highest BCUT2D eigenvalue weighted by atomic mass is 16.5. The van der Waals surface area contributed by atoms with Gasteiger partial charge in [-0.15, -0.1) is 0 Å². The van der Waals surface area contributed by atoms with E-state index in [1.54, 1.807) is 66.7 Å². The van der Waals surface area contributed by atoms with Gasteiger partial charge in [0, 0.05) is 33.0 Å². The third-order valence-electron chi connectivity index (χ3n) is 9.50. The average molecular weight is 725 g/mol. The summed E-state index contributed by atoms with van der Waals surface area (Å²) in [4.78, 5) is 39.8. The number of ether oxygens (including phenoxy) is 2. The Morgan fingerprint density at radius 2 is 1.36 bits per heavy atom. The highest BCUT2D eigenvalue weighted by molar-refractivity contribution is 6.13. The van der Waals surface area contributed by atoms with Crippen molar-refractivity contribution in [1.29, 1.82) is 0 Å². The summed E-state index contributed by atoms with van der Waals surface area (Å²) in [5, 5.41) is 68.8. The van der Waals surface area contributed by atoms with Crippen LogP contribution in [-0.4, -0.2) is 54.9 Å². The number of rotatable bonds is 8. The van der Waals surface area contributed by atoms with E-state index in [0.717, 1.165) is 5.56 Å². The molecular weight excluding hydrogens is 684 g/mol. The van der Waals surface area contributed by atoms with Gasteiger partial charge in [-0.25, -0.2) is 4.79 Å². The van der Waals surface area contributed by atoms with Crippen LogP contribution in [0.15, 0.2) is 39.2 Å². The number of hydrogen-bond donors (Lipinski definition) is 6. The lowest BCUT2D eigenvalue weighted by molar-refractivity contribution is -0.119. The fourth-order valence-electron chi connectivity index (χ4n) is 7.38. The Morgan fingerprint density at radius 3 is 1.98 bits per heavy atom. The number of aliphatic hydroxyl groups is 1. The van der Waals surface area contributed by atoms with Gasteiger partial charge in [-0.2, -0.15) is 0 Å². The van der Waals surface area contributed by atoms with Crippen LogP contribution in [0, 0.1) is 27.7 Å². The van der Waals surface area contributed by atoms with Gasteiger partial charge in [-0.1, -0.05) is 6.07 Å². The maximum Gasteiger partial charge on any atom is 0.343 e. The van der Waals surface area contributed by atoms with Gasteiger partial charge in [0.05, 0.1) is 34.6 Å². The molecule has 1 heterocycles. The largest absolute Gasteiger partial charge is 0.507 e. The van der Waals surface area contributed by atoms with Crippen LogP contribution in [0.5, 0.6) is 34.5 Å². The van der Waals surface area contributed by atoms with E-state index in [-0.39, 0.29) is 67.4 Å². The number of phenolic OH excluding ortho intramolecular Hbond substituents is 4. The van der Waals surface area contributed by atoms with E-state index < -0.39 is 76.0 Å². The molecule has 53 heavy (non-hydrogen) atoms. The van der Waals surface area contributed by atoms with Crippen LogP contribution in [0.25, 0.3) is 38.6 Å². The molecule has 5 aromatic rings. The normalized spacial score (nSPS) is 14.5. The number of phenols is 4. The van der Waals surface area contributed by atoms with Crippen molar-refractivity contribution in [2.75, 3.05) is 0 Å². The summed E-state index contributed by atoms with van der Waals surface area (Å²) in [7, 11) is 0. The molecule has 12 nitrogen and oxygen atoms in total. The van der Waals surface area contributed by atoms with Crippen molar-refractivity contribution in [3.05, 3.63) is 85.0 Å². The molecule has 1 aromatic heterocycles. The predicted molar refractivity (Wildman–Crippen MR) is 198 cm³/mol. The summed E-state index contributed by atoms with van der Waals surface area (Å²) < 4.78 is 17.3. The molecule has 0 radical (unpaired) electrons. The fraction of sp³-hybridized carbons (Fsp3) is 0.293. The molecule has 0 saturated carbocycles. The lowest BCUT2D eigenvalue weighted by atomic mass is 9.76. The molecule has 6 rings (SSSR count). The van der Waals surface area contributed by atoms with Crippen molar-refractivity contribution < 1.29 is 54.1 Å². The van der Waals surface area contributed by atoms with E-state index in [1.165, 1.54) is 6.07 Å². The van der Waals surface area contributed by atoms with Crippen LogP contribution >= 0.6 is 0 Å². The summed E-state index contributed by atoms with van der Waals surface area (Å²) in [5.74, 6) is -6.46. The number of aromatic hydroxyl groups is 5. The molecule has 12 heteroatoms. The van der Waals surface area contributed by atoms with E-state index in [1.807, 2.05) is 6.92 Å². The molecule has 0 bridgehead atoms. The molecule has 6 N–H and O–H groups in total. The Bertz CT molecular complexity index is 2500. The molecular formula is C41H40O12. The number of ketones is 1. The Balaban J connectivity index is 1.67. The minimum Gasteiger partial charge on any atom is -0.507 e. The third kappa shape index (κ3) is 5.74. The molecule has 0 spiro atoms. The first-order valence-electron chi connectivity index (χ1n) is 17.0. The van der Waals surface area contributed by atoms with Gasteiger partial charge >= 0.3 is 5.63 Å². The Labute approximate surface area is 303 Å². The van der Waals surface area contributed by atoms with Crippen molar-refractivity contribution in [3.8, 4) is 45.6 Å². The lowest BCUT2D eigenvalue weighted by Gasteiger charge is -2.30. The van der Waals surface area contributed by atoms with E-state index in [0.29, 0.717) is 16.7 Å². The van der Waals surface area contributed by atoms with Crippen LogP contribution < -0.4 is 10.4 Å². The molecule has 1 aliphatic carbocycles. The number of aliphatic hydroxyl groups excluding tert-OH is 1. The van der Waals surface area contributed by atoms with Gasteiger partial charge in [0.15, 0.2) is 23.5 Å². The van der Waals surface area contributed by atoms with E-state index in [2.05, 4.69) is 0 Å². The van der Waals surface area contributed by atoms with E-state index in [9.17, 15) is 45.0 Å². The molecule has 1 unspecified atom stereocenters. The summed E-state index contributed by atoms with van der Waals surface area (Å²) in [6, 6.07) is 6.48. The third-order valence-corrected chi connectivity index (χ3v) is 9.50. The van der Waals surface area contributed by atoms with Crippen molar-refractivity contribution in [2.24, 2.45) is 0 Å². The Hall–Kier alpha value is -6.17. The van der Waals surface area contributed by atoms with Crippen molar-refractivity contribution in [1.82, 2.24) is 0 Å². The minimum atomic E-state index is -1.46. The minimum absolute atomic E-state index is 0.0225. The topological polar surface area (TPSA) is 204 Å². The smallest absolute Gasteiger partial charge is 0.343 e. The zero-order valence-electron chi connectivity index (χ0n) is 30.5. The fourth-order valence-corrected chi connectivity index (χ4v) is 7.38. The maximum atomic E-state index is 14.1.